The van der Waals surface area contributed by atoms with Crippen molar-refractivity contribution in [2.75, 3.05) is 43.3 Å². The van der Waals surface area contributed by atoms with Gasteiger partial charge in [0.2, 0.25) is 17.6 Å². The molecule has 1 saturated heterocycles. The lowest BCUT2D eigenvalue weighted by atomic mass is 10.0. The van der Waals surface area contributed by atoms with E-state index in [-0.39, 0.29) is 17.3 Å². The van der Waals surface area contributed by atoms with Crippen molar-refractivity contribution in [1.82, 2.24) is 9.97 Å². The van der Waals surface area contributed by atoms with E-state index in [1.807, 2.05) is 4.90 Å². The van der Waals surface area contributed by atoms with Crippen molar-refractivity contribution in [3.05, 3.63) is 28.3 Å². The number of nitrogens with zero attached hydrogens (tertiary/aromatic N) is 4. The molecule has 0 spiro atoms. The number of nitrogen functional groups attached to an aromatic ring is 1. The number of hydrogen-bond acceptors (Lipinski definition) is 9. The summed E-state index contributed by atoms with van der Waals surface area (Å²) in [6, 6.07) is 5.10. The van der Waals surface area contributed by atoms with E-state index in [4.69, 9.17) is 15.2 Å². The van der Waals surface area contributed by atoms with Gasteiger partial charge in [0.1, 0.15) is 11.5 Å². The highest BCUT2D eigenvalue weighted by atomic mass is 16.6. The molecule has 0 amide bonds. The van der Waals surface area contributed by atoms with Crippen LogP contribution in [0.4, 0.5) is 29.0 Å². The molecule has 0 bridgehead atoms. The minimum atomic E-state index is -0.590. The fourth-order valence-electron chi connectivity index (χ4n) is 3.28. The number of piperidine rings is 1. The first-order chi connectivity index (χ1) is 13.4. The van der Waals surface area contributed by atoms with E-state index >= 15 is 0 Å². The largest absolute Gasteiger partial charge is 0.497 e. The molecule has 10 nitrogen and oxygen atoms in total. The average molecular weight is 388 g/mol. The summed E-state index contributed by atoms with van der Waals surface area (Å²) in [7, 11) is 3.04. The van der Waals surface area contributed by atoms with E-state index < -0.39 is 4.92 Å². The molecule has 150 valence electrons. The molecule has 2 aromatic rings. The average Bonchev–Trinajstić information content (AvgIpc) is 2.67. The van der Waals surface area contributed by atoms with E-state index in [1.165, 1.54) is 14.2 Å². The van der Waals surface area contributed by atoms with Crippen LogP contribution in [0.1, 0.15) is 19.8 Å². The van der Waals surface area contributed by atoms with Gasteiger partial charge in [0.05, 0.1) is 24.8 Å². The Balaban J connectivity index is 2.04. The van der Waals surface area contributed by atoms with Crippen molar-refractivity contribution < 1.29 is 14.4 Å². The van der Waals surface area contributed by atoms with E-state index in [2.05, 4.69) is 22.2 Å². The van der Waals surface area contributed by atoms with Gasteiger partial charge in [-0.15, -0.1) is 0 Å². The molecular formula is C18H24N6O4. The highest BCUT2D eigenvalue weighted by molar-refractivity contribution is 5.77. The van der Waals surface area contributed by atoms with Crippen molar-refractivity contribution in [3.63, 3.8) is 0 Å². The number of benzene rings is 1. The minimum absolute atomic E-state index is 0.0114. The molecule has 1 atom stereocenters. The molecule has 10 heteroatoms. The molecule has 3 N–H and O–H groups in total. The number of hydrogen-bond donors (Lipinski definition) is 2. The second kappa shape index (κ2) is 8.15. The van der Waals surface area contributed by atoms with Crippen molar-refractivity contribution >= 4 is 29.0 Å². The Labute approximate surface area is 162 Å². The monoisotopic (exact) mass is 388 g/mol. The molecule has 1 aromatic heterocycles. The highest BCUT2D eigenvalue weighted by Gasteiger charge is 2.27. The lowest BCUT2D eigenvalue weighted by molar-refractivity contribution is -0.383. The normalized spacial score (nSPS) is 16.5. The molecule has 3 rings (SSSR count). The zero-order valence-corrected chi connectivity index (χ0v) is 16.1. The first-order valence-corrected chi connectivity index (χ1v) is 8.98. The van der Waals surface area contributed by atoms with Crippen LogP contribution in [0, 0.1) is 16.0 Å². The van der Waals surface area contributed by atoms with Gasteiger partial charge in [-0.3, -0.25) is 10.1 Å². The standard InChI is InChI=1S/C18H24N6O4/c1-11-5-4-8-23(10-11)18-21-16(19)15(24(25)26)17(22-18)20-13-9-12(27-2)6-7-14(13)28-3/h6-7,9,11H,4-5,8,10H2,1-3H3,(H3,19,20,21,22). The predicted octanol–water partition coefficient (Wildman–Crippen LogP) is 2.96. The molecule has 0 saturated carbocycles. The molecule has 2 heterocycles. The van der Waals surface area contributed by atoms with Gasteiger partial charge in [-0.1, -0.05) is 6.92 Å². The summed E-state index contributed by atoms with van der Waals surface area (Å²) in [5, 5.41) is 14.6. The molecule has 1 unspecified atom stereocenters. The molecule has 1 aromatic carbocycles. The third-order valence-corrected chi connectivity index (χ3v) is 4.68. The van der Waals surface area contributed by atoms with Crippen LogP contribution in [0.3, 0.4) is 0 Å². The van der Waals surface area contributed by atoms with Gasteiger partial charge in [-0.2, -0.15) is 9.97 Å². The van der Waals surface area contributed by atoms with Crippen LogP contribution in [0.5, 0.6) is 11.5 Å². The van der Waals surface area contributed by atoms with Crippen LogP contribution in [0.15, 0.2) is 18.2 Å². The van der Waals surface area contributed by atoms with E-state index in [1.54, 1.807) is 18.2 Å². The van der Waals surface area contributed by atoms with Crippen LogP contribution in [0.25, 0.3) is 0 Å². The Morgan fingerprint density at radius 1 is 1.32 bits per heavy atom. The van der Waals surface area contributed by atoms with Crippen molar-refractivity contribution in [2.24, 2.45) is 5.92 Å². The molecule has 1 fully saturated rings. The molecule has 28 heavy (non-hydrogen) atoms. The third kappa shape index (κ3) is 4.00. The van der Waals surface area contributed by atoms with Gasteiger partial charge < -0.3 is 25.4 Å². The molecular weight excluding hydrogens is 364 g/mol. The second-order valence-electron chi connectivity index (χ2n) is 6.75. The summed E-state index contributed by atoms with van der Waals surface area (Å²) >= 11 is 0. The van der Waals surface area contributed by atoms with Crippen molar-refractivity contribution in [3.8, 4) is 11.5 Å². The minimum Gasteiger partial charge on any atom is -0.497 e. The number of methoxy groups -OCH3 is 2. The first-order valence-electron chi connectivity index (χ1n) is 8.98. The number of ether oxygens (including phenoxy) is 2. The molecule has 1 aliphatic rings. The highest BCUT2D eigenvalue weighted by Crippen LogP contribution is 2.37. The number of aromatic nitrogens is 2. The topological polar surface area (TPSA) is 129 Å². The zero-order chi connectivity index (χ0) is 20.3. The molecule has 0 radical (unpaired) electrons. The van der Waals surface area contributed by atoms with E-state index in [0.29, 0.717) is 29.1 Å². The van der Waals surface area contributed by atoms with Crippen molar-refractivity contribution in [1.29, 1.82) is 0 Å². The lowest BCUT2D eigenvalue weighted by Crippen LogP contribution is -2.35. The number of nitro groups is 1. The fourth-order valence-corrected chi connectivity index (χ4v) is 3.28. The SMILES string of the molecule is COc1ccc(OC)c(Nc2nc(N3CCCC(C)C3)nc(N)c2[N+](=O)[O-])c1. The van der Waals surface area contributed by atoms with Crippen LogP contribution in [-0.4, -0.2) is 42.2 Å². The van der Waals surface area contributed by atoms with Gasteiger partial charge in [0.15, 0.2) is 0 Å². The summed E-state index contributed by atoms with van der Waals surface area (Å²) in [6.07, 6.45) is 2.14. The fraction of sp³-hybridized carbons (Fsp3) is 0.444. The second-order valence-corrected chi connectivity index (χ2v) is 6.75. The molecule has 1 aliphatic heterocycles. The number of anilines is 4. The van der Waals surface area contributed by atoms with Gasteiger partial charge in [0, 0.05) is 19.2 Å². The van der Waals surface area contributed by atoms with Crippen LogP contribution in [0.2, 0.25) is 0 Å². The number of nitrogens with one attached hydrogen (secondary N) is 1. The number of nitrogens with two attached hydrogens (primary N) is 1. The maximum absolute atomic E-state index is 11.6. The Kier molecular flexibility index (Phi) is 5.67. The van der Waals surface area contributed by atoms with E-state index in [0.717, 1.165) is 25.9 Å². The first kappa shape index (κ1) is 19.5. The van der Waals surface area contributed by atoms with Gasteiger partial charge in [-0.05, 0) is 30.9 Å². The Bertz CT molecular complexity index is 875. The Morgan fingerprint density at radius 2 is 2.11 bits per heavy atom. The maximum atomic E-state index is 11.6. The van der Waals surface area contributed by atoms with E-state index in [9.17, 15) is 10.1 Å². The number of rotatable bonds is 6. The van der Waals surface area contributed by atoms with Gasteiger partial charge >= 0.3 is 5.69 Å². The van der Waals surface area contributed by atoms with Gasteiger partial charge in [-0.25, -0.2) is 0 Å². The maximum Gasteiger partial charge on any atom is 0.353 e. The summed E-state index contributed by atoms with van der Waals surface area (Å²) in [5.74, 6) is 1.75. The zero-order valence-electron chi connectivity index (χ0n) is 16.1. The Morgan fingerprint density at radius 3 is 2.75 bits per heavy atom. The lowest BCUT2D eigenvalue weighted by Gasteiger charge is -2.31. The van der Waals surface area contributed by atoms with Crippen LogP contribution in [-0.2, 0) is 0 Å². The molecule has 0 aliphatic carbocycles. The third-order valence-electron chi connectivity index (χ3n) is 4.68. The van der Waals surface area contributed by atoms with Crippen LogP contribution < -0.4 is 25.4 Å². The quantitative estimate of drug-likeness (QED) is 0.566. The summed E-state index contributed by atoms with van der Waals surface area (Å²) in [5.41, 5.74) is 6.03. The predicted molar refractivity (Wildman–Crippen MR) is 107 cm³/mol. The van der Waals surface area contributed by atoms with Crippen molar-refractivity contribution in [2.45, 2.75) is 19.8 Å². The van der Waals surface area contributed by atoms with Crippen LogP contribution >= 0.6 is 0 Å². The summed E-state index contributed by atoms with van der Waals surface area (Å²) in [4.78, 5) is 21.6. The Hall–Kier alpha value is -3.30. The summed E-state index contributed by atoms with van der Waals surface area (Å²) in [6.45, 7) is 3.71. The smallest absolute Gasteiger partial charge is 0.353 e. The summed E-state index contributed by atoms with van der Waals surface area (Å²) < 4.78 is 10.6. The van der Waals surface area contributed by atoms with Gasteiger partial charge in [0.25, 0.3) is 0 Å².